The second-order valence-electron chi connectivity index (χ2n) is 4.89. The van der Waals surface area contributed by atoms with E-state index in [-0.39, 0.29) is 11.6 Å². The number of hydrogen-bond acceptors (Lipinski definition) is 4. The number of benzene rings is 2. The van der Waals surface area contributed by atoms with Crippen molar-refractivity contribution in [2.45, 2.75) is 17.1 Å². The van der Waals surface area contributed by atoms with Gasteiger partial charge in [0, 0.05) is 9.37 Å². The number of halogens is 2. The smallest absolute Gasteiger partial charge is 0.237 e. The quantitative estimate of drug-likeness (QED) is 0.695. The van der Waals surface area contributed by atoms with Crippen LogP contribution in [0, 0.1) is 5.82 Å². The molecule has 0 fully saturated rings. The Bertz CT molecular complexity index is 742. The van der Waals surface area contributed by atoms with Gasteiger partial charge in [0.2, 0.25) is 5.91 Å². The molecule has 2 rings (SSSR count). The summed E-state index contributed by atoms with van der Waals surface area (Å²) in [4.78, 5) is 13.1. The van der Waals surface area contributed by atoms with Crippen LogP contribution in [-0.4, -0.2) is 25.4 Å². The van der Waals surface area contributed by atoms with Crippen LogP contribution in [0.2, 0.25) is 0 Å². The zero-order valence-electron chi connectivity index (χ0n) is 13.4. The van der Waals surface area contributed by atoms with Crippen molar-refractivity contribution in [2.24, 2.45) is 0 Å². The summed E-state index contributed by atoms with van der Waals surface area (Å²) in [5.41, 5.74) is 0.156. The molecule has 2 aromatic carbocycles. The van der Waals surface area contributed by atoms with Crippen LogP contribution >= 0.6 is 27.7 Å². The van der Waals surface area contributed by atoms with Gasteiger partial charge in [0.25, 0.3) is 0 Å². The maximum absolute atomic E-state index is 13.8. The number of anilines is 1. The van der Waals surface area contributed by atoms with Crippen LogP contribution in [0.3, 0.4) is 0 Å². The number of carbonyl (C=O) groups is 1. The fraction of sp³-hybridized carbons (Fsp3) is 0.235. The van der Waals surface area contributed by atoms with Crippen LogP contribution in [0.4, 0.5) is 10.1 Å². The summed E-state index contributed by atoms with van der Waals surface area (Å²) in [6.07, 6.45) is 0. The first-order valence-corrected chi connectivity index (χ1v) is 8.76. The molecule has 0 aliphatic heterocycles. The maximum Gasteiger partial charge on any atom is 0.237 e. The van der Waals surface area contributed by atoms with Crippen LogP contribution < -0.4 is 14.8 Å². The van der Waals surface area contributed by atoms with Gasteiger partial charge in [-0.3, -0.25) is 4.79 Å². The molecule has 0 spiro atoms. The molecule has 7 heteroatoms. The number of methoxy groups -OCH3 is 2. The molecular weight excluding hydrogens is 397 g/mol. The van der Waals surface area contributed by atoms with Crippen molar-refractivity contribution in [1.29, 1.82) is 0 Å². The van der Waals surface area contributed by atoms with Crippen LogP contribution in [0.1, 0.15) is 6.92 Å². The van der Waals surface area contributed by atoms with Gasteiger partial charge >= 0.3 is 0 Å². The van der Waals surface area contributed by atoms with Gasteiger partial charge in [-0.2, -0.15) is 0 Å². The highest BCUT2D eigenvalue weighted by atomic mass is 79.9. The van der Waals surface area contributed by atoms with Crippen molar-refractivity contribution in [3.8, 4) is 11.5 Å². The molecule has 0 saturated heterocycles. The van der Waals surface area contributed by atoms with E-state index in [0.717, 1.165) is 4.90 Å². The Hall–Kier alpha value is -1.73. The average Bonchev–Trinajstić information content (AvgIpc) is 2.57. The van der Waals surface area contributed by atoms with E-state index in [1.54, 1.807) is 39.3 Å². The van der Waals surface area contributed by atoms with Gasteiger partial charge in [-0.1, -0.05) is 15.9 Å². The molecule has 0 saturated carbocycles. The Morgan fingerprint density at radius 1 is 1.17 bits per heavy atom. The summed E-state index contributed by atoms with van der Waals surface area (Å²) in [6, 6.07) is 9.92. The fourth-order valence-electron chi connectivity index (χ4n) is 1.97. The molecule has 0 unspecified atom stereocenters. The van der Waals surface area contributed by atoms with Gasteiger partial charge in [-0.25, -0.2) is 4.39 Å². The van der Waals surface area contributed by atoms with E-state index in [0.29, 0.717) is 16.0 Å². The number of hydrogen-bond donors (Lipinski definition) is 1. The molecule has 2 aromatic rings. The standard InChI is InChI=1S/C17H17BrFNO3S/c1-10(17(21)20-14-6-4-11(18)8-13(14)19)24-12-5-7-15(22-2)16(9-12)23-3/h4-10H,1-3H3,(H,20,21)/t10-/m1/s1. The molecule has 1 amide bonds. The lowest BCUT2D eigenvalue weighted by molar-refractivity contribution is -0.115. The Morgan fingerprint density at radius 3 is 2.50 bits per heavy atom. The highest BCUT2D eigenvalue weighted by Gasteiger charge is 2.17. The topological polar surface area (TPSA) is 47.6 Å². The second-order valence-corrected chi connectivity index (χ2v) is 7.22. The first kappa shape index (κ1) is 18.6. The van der Waals surface area contributed by atoms with Crippen molar-refractivity contribution >= 4 is 39.3 Å². The van der Waals surface area contributed by atoms with E-state index in [4.69, 9.17) is 9.47 Å². The molecule has 1 atom stereocenters. The lowest BCUT2D eigenvalue weighted by atomic mass is 10.3. The van der Waals surface area contributed by atoms with Gasteiger partial charge in [-0.15, -0.1) is 11.8 Å². The molecule has 0 aliphatic carbocycles. The summed E-state index contributed by atoms with van der Waals surface area (Å²) in [5, 5.41) is 2.19. The lowest BCUT2D eigenvalue weighted by Gasteiger charge is -2.14. The molecular formula is C17H17BrFNO3S. The van der Waals surface area contributed by atoms with E-state index in [2.05, 4.69) is 21.2 Å². The molecule has 4 nitrogen and oxygen atoms in total. The molecule has 0 radical (unpaired) electrons. The summed E-state index contributed by atoms with van der Waals surface area (Å²) < 4.78 is 24.9. The fourth-order valence-corrected chi connectivity index (χ4v) is 3.20. The van der Waals surface area contributed by atoms with E-state index in [9.17, 15) is 9.18 Å². The minimum absolute atomic E-state index is 0.156. The van der Waals surface area contributed by atoms with E-state index in [1.165, 1.54) is 23.9 Å². The minimum Gasteiger partial charge on any atom is -0.493 e. The molecule has 0 aromatic heterocycles. The third kappa shape index (κ3) is 4.64. The number of nitrogens with one attached hydrogen (secondary N) is 1. The number of ether oxygens (including phenoxy) is 2. The van der Waals surface area contributed by atoms with Gasteiger partial charge in [0.05, 0.1) is 25.2 Å². The van der Waals surface area contributed by atoms with Gasteiger partial charge in [0.15, 0.2) is 11.5 Å². The summed E-state index contributed by atoms with van der Waals surface area (Å²) in [5.74, 6) is 0.446. The first-order valence-electron chi connectivity index (χ1n) is 7.09. The van der Waals surface area contributed by atoms with Gasteiger partial charge < -0.3 is 14.8 Å². The van der Waals surface area contributed by atoms with Crippen molar-refractivity contribution in [3.63, 3.8) is 0 Å². The van der Waals surface area contributed by atoms with Crippen molar-refractivity contribution in [3.05, 3.63) is 46.7 Å². The largest absolute Gasteiger partial charge is 0.493 e. The summed E-state index contributed by atoms with van der Waals surface area (Å²) in [7, 11) is 3.12. The number of carbonyl (C=O) groups excluding carboxylic acids is 1. The van der Waals surface area contributed by atoms with Crippen molar-refractivity contribution in [1.82, 2.24) is 0 Å². The van der Waals surface area contributed by atoms with Crippen LogP contribution in [-0.2, 0) is 4.79 Å². The summed E-state index contributed by atoms with van der Waals surface area (Å²) in [6.45, 7) is 1.76. The highest BCUT2D eigenvalue weighted by molar-refractivity contribution is 9.10. The third-order valence-corrected chi connectivity index (χ3v) is 4.81. The normalized spacial score (nSPS) is 11.7. The molecule has 1 N–H and O–H groups in total. The van der Waals surface area contributed by atoms with Crippen LogP contribution in [0.25, 0.3) is 0 Å². The van der Waals surface area contributed by atoms with Gasteiger partial charge in [0.1, 0.15) is 5.82 Å². The third-order valence-electron chi connectivity index (χ3n) is 3.23. The lowest BCUT2D eigenvalue weighted by Crippen LogP contribution is -2.22. The minimum atomic E-state index is -0.485. The zero-order chi connectivity index (χ0) is 17.7. The van der Waals surface area contributed by atoms with Gasteiger partial charge in [-0.05, 0) is 43.3 Å². The van der Waals surface area contributed by atoms with Crippen molar-refractivity contribution < 1.29 is 18.7 Å². The molecule has 24 heavy (non-hydrogen) atoms. The molecule has 0 bridgehead atoms. The van der Waals surface area contributed by atoms with E-state index >= 15 is 0 Å². The monoisotopic (exact) mass is 413 g/mol. The molecule has 0 aliphatic rings. The average molecular weight is 414 g/mol. The second kappa shape index (κ2) is 8.39. The number of amides is 1. The highest BCUT2D eigenvalue weighted by Crippen LogP contribution is 2.33. The van der Waals surface area contributed by atoms with Crippen molar-refractivity contribution in [2.75, 3.05) is 19.5 Å². The van der Waals surface area contributed by atoms with Crippen LogP contribution in [0.5, 0.6) is 11.5 Å². The Morgan fingerprint density at radius 2 is 1.88 bits per heavy atom. The number of thioether (sulfide) groups is 1. The zero-order valence-corrected chi connectivity index (χ0v) is 15.8. The molecule has 0 heterocycles. The Labute approximate surface area is 152 Å². The van der Waals surface area contributed by atoms with Crippen LogP contribution in [0.15, 0.2) is 45.8 Å². The molecule has 128 valence electrons. The van der Waals surface area contributed by atoms with E-state index < -0.39 is 11.1 Å². The summed E-state index contributed by atoms with van der Waals surface area (Å²) >= 11 is 4.53. The first-order chi connectivity index (χ1) is 11.4. The number of rotatable bonds is 6. The predicted molar refractivity (Wildman–Crippen MR) is 97.6 cm³/mol. The maximum atomic E-state index is 13.8. The SMILES string of the molecule is COc1ccc(S[C@H](C)C(=O)Nc2ccc(Br)cc2F)cc1OC. The Balaban J connectivity index is 2.06. The predicted octanol–water partition coefficient (Wildman–Crippen LogP) is 4.72. The van der Waals surface area contributed by atoms with E-state index in [1.807, 2.05) is 6.07 Å². The Kier molecular flexibility index (Phi) is 6.51.